The van der Waals surface area contributed by atoms with Crippen LogP contribution in [0.15, 0.2) is 29.3 Å². The van der Waals surface area contributed by atoms with Crippen LogP contribution >= 0.6 is 0 Å². The highest BCUT2D eigenvalue weighted by Crippen LogP contribution is 2.17. The number of guanidine groups is 1. The lowest BCUT2D eigenvalue weighted by Gasteiger charge is -2.07. The molecule has 0 bridgehead atoms. The van der Waals surface area contributed by atoms with Crippen molar-refractivity contribution in [3.05, 3.63) is 24.3 Å². The van der Waals surface area contributed by atoms with Gasteiger partial charge in [0.1, 0.15) is 5.75 Å². The molecule has 0 spiro atoms. The van der Waals surface area contributed by atoms with E-state index in [1.54, 1.807) is 31.4 Å². The molecule has 0 radical (unpaired) electrons. The van der Waals surface area contributed by atoms with E-state index in [4.69, 9.17) is 20.9 Å². The van der Waals surface area contributed by atoms with Gasteiger partial charge in [0.2, 0.25) is 5.96 Å². The predicted octanol–water partition coefficient (Wildman–Crippen LogP) is 0.226. The molecule has 0 heterocycles. The molecule has 0 aliphatic heterocycles. The number of ether oxygens (including phenoxy) is 1. The van der Waals surface area contributed by atoms with E-state index in [1.807, 2.05) is 5.43 Å². The predicted molar refractivity (Wildman–Crippen MR) is 52.8 cm³/mol. The van der Waals surface area contributed by atoms with Crippen LogP contribution in [0.5, 0.6) is 5.75 Å². The summed E-state index contributed by atoms with van der Waals surface area (Å²) >= 11 is 0. The van der Waals surface area contributed by atoms with E-state index >= 15 is 0 Å². The molecule has 0 atom stereocenters. The summed E-state index contributed by atoms with van der Waals surface area (Å²) in [4.78, 5) is 3.84. The number of hydrogen-bond donors (Lipinski definition) is 4. The molecule has 0 saturated carbocycles. The summed E-state index contributed by atoms with van der Waals surface area (Å²) < 4.78 is 4.96. The van der Waals surface area contributed by atoms with Crippen molar-refractivity contribution in [1.82, 2.24) is 10.8 Å². The minimum atomic E-state index is -0.275. The van der Waals surface area contributed by atoms with Gasteiger partial charge in [0.25, 0.3) is 0 Å². The Kier molecular flexibility index (Phi) is 3.86. The van der Waals surface area contributed by atoms with Gasteiger partial charge in [0.05, 0.1) is 12.8 Å². The van der Waals surface area contributed by atoms with E-state index in [9.17, 15) is 0 Å². The summed E-state index contributed by atoms with van der Waals surface area (Å²) in [5.41, 5.74) is 7.84. The fourth-order valence-corrected chi connectivity index (χ4v) is 0.923. The fourth-order valence-electron chi connectivity index (χ4n) is 0.923. The molecular weight excluding hydrogens is 200 g/mol. The first-order chi connectivity index (χ1) is 7.11. The Labute approximate surface area is 86.3 Å². The Hall–Kier alpha value is -1.83. The number of aliphatic imine (C=N–C) groups is 1. The van der Waals surface area contributed by atoms with Crippen LogP contribution in [0.4, 0.5) is 5.69 Å². The number of rotatable bonds is 3. The Bertz CT molecular complexity index is 336. The van der Waals surface area contributed by atoms with Gasteiger partial charge >= 0.3 is 0 Å². The average molecular weight is 212 g/mol. The number of hydrogen-bond acceptors (Lipinski definition) is 5. The van der Waals surface area contributed by atoms with Crippen molar-refractivity contribution in [2.75, 3.05) is 7.11 Å². The largest absolute Gasteiger partial charge is 0.497 e. The molecule has 0 aliphatic rings. The minimum absolute atomic E-state index is 0.148. The molecule has 82 valence electrons. The van der Waals surface area contributed by atoms with Crippen LogP contribution in [0.1, 0.15) is 0 Å². The first-order valence-corrected chi connectivity index (χ1v) is 4.04. The van der Waals surface area contributed by atoms with Gasteiger partial charge in [0.15, 0.2) is 0 Å². The summed E-state index contributed by atoms with van der Waals surface area (Å²) in [6, 6.07) is 6.77. The number of nitrogens with one attached hydrogen (secondary N) is 1. The highest BCUT2D eigenvalue weighted by molar-refractivity contribution is 5.80. The third kappa shape index (κ3) is 3.81. The second-order valence-corrected chi connectivity index (χ2v) is 2.60. The smallest absolute Gasteiger partial charge is 0.212 e. The lowest BCUT2D eigenvalue weighted by atomic mass is 10.3. The molecule has 0 aromatic heterocycles. The molecule has 0 saturated heterocycles. The van der Waals surface area contributed by atoms with E-state index in [-0.39, 0.29) is 11.3 Å². The third-order valence-corrected chi connectivity index (χ3v) is 1.54. The van der Waals surface area contributed by atoms with Gasteiger partial charge in [0, 0.05) is 5.34 Å². The highest BCUT2D eigenvalue weighted by atomic mass is 16.8. The number of hydrazine groups is 1. The Morgan fingerprint density at radius 2 is 2.00 bits per heavy atom. The van der Waals surface area contributed by atoms with Crippen molar-refractivity contribution in [2.24, 2.45) is 10.7 Å². The number of nitrogens with two attached hydrogens (primary N) is 1. The Morgan fingerprint density at radius 1 is 1.40 bits per heavy atom. The molecule has 0 amide bonds. The van der Waals surface area contributed by atoms with Crippen molar-refractivity contribution in [1.29, 1.82) is 0 Å². The Morgan fingerprint density at radius 3 is 2.47 bits per heavy atom. The molecule has 7 heteroatoms. The summed E-state index contributed by atoms with van der Waals surface area (Å²) in [7, 11) is 1.56. The van der Waals surface area contributed by atoms with E-state index < -0.39 is 0 Å². The lowest BCUT2D eigenvalue weighted by Crippen LogP contribution is -2.41. The van der Waals surface area contributed by atoms with Gasteiger partial charge in [-0.25, -0.2) is 10.4 Å². The summed E-state index contributed by atoms with van der Waals surface area (Å²) in [5.74, 6) is 0.552. The zero-order valence-corrected chi connectivity index (χ0v) is 8.08. The fraction of sp³-hybridized carbons (Fsp3) is 0.125. The summed E-state index contributed by atoms with van der Waals surface area (Å²) in [6.45, 7) is 0. The molecule has 0 unspecified atom stereocenters. The molecule has 1 aromatic carbocycles. The van der Waals surface area contributed by atoms with Crippen LogP contribution in [-0.2, 0) is 0 Å². The van der Waals surface area contributed by atoms with Crippen molar-refractivity contribution >= 4 is 11.6 Å². The second-order valence-electron chi connectivity index (χ2n) is 2.60. The molecule has 0 aliphatic carbocycles. The maximum Gasteiger partial charge on any atom is 0.212 e. The van der Waals surface area contributed by atoms with Gasteiger partial charge in [-0.15, -0.1) is 0 Å². The highest BCUT2D eigenvalue weighted by Gasteiger charge is 1.97. The monoisotopic (exact) mass is 212 g/mol. The second kappa shape index (κ2) is 5.15. The molecule has 0 fully saturated rings. The zero-order valence-electron chi connectivity index (χ0n) is 8.08. The summed E-state index contributed by atoms with van der Waals surface area (Å²) in [6.07, 6.45) is 0. The van der Waals surface area contributed by atoms with Crippen LogP contribution in [0.3, 0.4) is 0 Å². The van der Waals surface area contributed by atoms with Gasteiger partial charge in [-0.2, -0.15) is 0 Å². The van der Waals surface area contributed by atoms with Crippen LogP contribution in [0, 0.1) is 0 Å². The van der Waals surface area contributed by atoms with E-state index in [2.05, 4.69) is 4.99 Å². The number of methoxy groups -OCH3 is 1. The maximum absolute atomic E-state index is 8.38. The van der Waals surface area contributed by atoms with E-state index in [0.29, 0.717) is 11.4 Å². The van der Waals surface area contributed by atoms with Crippen LogP contribution < -0.4 is 15.9 Å². The SMILES string of the molecule is COc1ccc(N=C(N)NN(O)O)cc1. The van der Waals surface area contributed by atoms with Gasteiger partial charge in [-0.1, -0.05) is 0 Å². The van der Waals surface area contributed by atoms with Crippen molar-refractivity contribution < 1.29 is 15.2 Å². The zero-order chi connectivity index (χ0) is 11.3. The summed E-state index contributed by atoms with van der Waals surface area (Å²) in [5, 5.41) is 16.5. The molecule has 15 heavy (non-hydrogen) atoms. The van der Waals surface area contributed by atoms with Crippen molar-refractivity contribution in [3.8, 4) is 5.75 Å². The number of benzene rings is 1. The minimum Gasteiger partial charge on any atom is -0.497 e. The van der Waals surface area contributed by atoms with Crippen LogP contribution in [0.2, 0.25) is 0 Å². The number of nitrogens with zero attached hydrogens (tertiary/aromatic N) is 2. The van der Waals surface area contributed by atoms with Crippen molar-refractivity contribution in [3.63, 3.8) is 0 Å². The van der Waals surface area contributed by atoms with E-state index in [1.165, 1.54) is 0 Å². The van der Waals surface area contributed by atoms with E-state index in [0.717, 1.165) is 0 Å². The topological polar surface area (TPSA) is 103 Å². The average Bonchev–Trinajstić information content (AvgIpc) is 2.17. The first kappa shape index (κ1) is 11.2. The maximum atomic E-state index is 8.38. The quantitative estimate of drug-likeness (QED) is 0.325. The van der Waals surface area contributed by atoms with Crippen LogP contribution in [-0.4, -0.2) is 28.8 Å². The standard InChI is InChI=1S/C8H12N4O3/c1-15-7-4-2-6(3-5-7)10-8(9)11-12(13)14/h2-5,13-14H,1H3,(H3,9,10,11). The molecular formula is C8H12N4O3. The van der Waals surface area contributed by atoms with Crippen LogP contribution in [0.25, 0.3) is 0 Å². The molecule has 5 N–H and O–H groups in total. The third-order valence-electron chi connectivity index (χ3n) is 1.54. The van der Waals surface area contributed by atoms with Gasteiger partial charge < -0.3 is 10.5 Å². The lowest BCUT2D eigenvalue weighted by molar-refractivity contribution is -0.329. The van der Waals surface area contributed by atoms with Crippen molar-refractivity contribution in [2.45, 2.75) is 0 Å². The van der Waals surface area contributed by atoms with Gasteiger partial charge in [-0.3, -0.25) is 10.4 Å². The van der Waals surface area contributed by atoms with Gasteiger partial charge in [-0.05, 0) is 24.3 Å². The molecule has 1 rings (SSSR count). The Balaban J connectivity index is 2.71. The normalized spacial score (nSPS) is 11.6. The molecule has 1 aromatic rings. The molecule has 7 nitrogen and oxygen atoms in total. The first-order valence-electron chi connectivity index (χ1n) is 4.04.